The van der Waals surface area contributed by atoms with Crippen LogP contribution in [0.1, 0.15) is 271 Å². The maximum atomic E-state index is 12.8. The number of phosphoric ester groups is 1. The molecule has 0 aromatic heterocycles. The smallest absolute Gasteiger partial charge is 0.306 e. The van der Waals surface area contributed by atoms with Gasteiger partial charge < -0.3 is 27.9 Å². The van der Waals surface area contributed by atoms with Gasteiger partial charge in [-0.15, -0.1) is 0 Å². The molecular formula is C74H126NO8P. The second-order valence-corrected chi connectivity index (χ2v) is 24.8. The molecule has 0 spiro atoms. The lowest BCUT2D eigenvalue weighted by Gasteiger charge is -2.28. The molecule has 2 unspecified atom stereocenters. The summed E-state index contributed by atoms with van der Waals surface area (Å²) in [6.45, 7) is 3.99. The van der Waals surface area contributed by atoms with Crippen LogP contribution in [0.5, 0.6) is 0 Å². The van der Waals surface area contributed by atoms with E-state index in [4.69, 9.17) is 18.5 Å². The summed E-state index contributed by atoms with van der Waals surface area (Å²) in [6, 6.07) is 0. The van der Waals surface area contributed by atoms with E-state index in [1.165, 1.54) is 122 Å². The van der Waals surface area contributed by atoms with Crippen LogP contribution in [-0.4, -0.2) is 70.0 Å². The van der Waals surface area contributed by atoms with Crippen LogP contribution in [0.2, 0.25) is 0 Å². The number of ether oxygens (including phenoxy) is 2. The van der Waals surface area contributed by atoms with Crippen molar-refractivity contribution in [2.45, 2.75) is 277 Å². The van der Waals surface area contributed by atoms with E-state index in [0.29, 0.717) is 17.4 Å². The summed E-state index contributed by atoms with van der Waals surface area (Å²) in [5, 5.41) is 0. The van der Waals surface area contributed by atoms with E-state index in [1.807, 2.05) is 21.1 Å². The van der Waals surface area contributed by atoms with E-state index in [2.05, 4.69) is 148 Å². The molecule has 0 aliphatic rings. The summed E-state index contributed by atoms with van der Waals surface area (Å²) in [7, 11) is 1.14. The molecule has 0 aliphatic heterocycles. The predicted molar refractivity (Wildman–Crippen MR) is 360 cm³/mol. The molecule has 0 N–H and O–H groups in total. The van der Waals surface area contributed by atoms with E-state index >= 15 is 0 Å². The van der Waals surface area contributed by atoms with Crippen molar-refractivity contribution in [3.05, 3.63) is 134 Å². The third-order valence-electron chi connectivity index (χ3n) is 14.2. The lowest BCUT2D eigenvalue weighted by atomic mass is 10.0. The monoisotopic (exact) mass is 1190 g/mol. The maximum Gasteiger partial charge on any atom is 0.306 e. The maximum absolute atomic E-state index is 12.8. The van der Waals surface area contributed by atoms with E-state index in [9.17, 15) is 19.0 Å². The van der Waals surface area contributed by atoms with Crippen molar-refractivity contribution in [2.75, 3.05) is 47.5 Å². The molecule has 0 rings (SSSR count). The first-order valence-electron chi connectivity index (χ1n) is 33.9. The van der Waals surface area contributed by atoms with Gasteiger partial charge in [0.05, 0.1) is 27.7 Å². The molecular weight excluding hydrogens is 1060 g/mol. The molecule has 0 aliphatic carbocycles. The number of unbranched alkanes of at least 4 members (excludes halogenated alkanes) is 25. The number of phosphoric acid groups is 1. The van der Waals surface area contributed by atoms with Gasteiger partial charge in [-0.3, -0.25) is 14.2 Å². The molecule has 0 amide bonds. The minimum Gasteiger partial charge on any atom is -0.756 e. The van der Waals surface area contributed by atoms with Crippen molar-refractivity contribution < 1.29 is 42.1 Å². The fraction of sp³-hybridized carbons (Fsp3) is 0.676. The molecule has 0 saturated carbocycles. The van der Waals surface area contributed by atoms with Crippen LogP contribution in [0.3, 0.4) is 0 Å². The van der Waals surface area contributed by atoms with Gasteiger partial charge in [0, 0.05) is 12.8 Å². The topological polar surface area (TPSA) is 111 Å². The van der Waals surface area contributed by atoms with Crippen molar-refractivity contribution in [2.24, 2.45) is 0 Å². The van der Waals surface area contributed by atoms with Gasteiger partial charge in [-0.05, 0) is 109 Å². The average Bonchev–Trinajstić information content (AvgIpc) is 3.61. The Kier molecular flexibility index (Phi) is 60.7. The molecule has 0 bridgehead atoms. The van der Waals surface area contributed by atoms with Crippen LogP contribution in [0, 0.1) is 0 Å². The van der Waals surface area contributed by atoms with Gasteiger partial charge >= 0.3 is 11.9 Å². The number of esters is 2. The first-order valence-corrected chi connectivity index (χ1v) is 35.4. The second kappa shape index (κ2) is 63.6. The van der Waals surface area contributed by atoms with E-state index in [1.54, 1.807) is 0 Å². The minimum absolute atomic E-state index is 0.0414. The predicted octanol–water partition coefficient (Wildman–Crippen LogP) is 21.4. The zero-order chi connectivity index (χ0) is 61.2. The number of carbonyl (C=O) groups is 2. The van der Waals surface area contributed by atoms with Gasteiger partial charge in [0.1, 0.15) is 19.8 Å². The third-order valence-corrected chi connectivity index (χ3v) is 15.1. The molecule has 2 atom stereocenters. The molecule has 0 aromatic carbocycles. The zero-order valence-electron chi connectivity index (χ0n) is 54.6. The number of nitrogens with zero attached hydrogens (tertiary/aromatic N) is 1. The SMILES string of the molecule is CC/C=C\C/C=C\C/C=C\C/C=C\C/C=C\C/C=C\CCCCCCC(=O)OC(COC(=O)CCCCCCCCCCCCCCCCCCCCCCC/C=C\C/C=C\C/C=C\C/C=C\C/C=C\CC)COP(=O)([O-])OCC[N+](C)(C)C. The average molecular weight is 1190 g/mol. The number of hydrogen-bond donors (Lipinski definition) is 0. The largest absolute Gasteiger partial charge is 0.756 e. The molecule has 10 heteroatoms. The Bertz CT molecular complexity index is 1880. The van der Waals surface area contributed by atoms with Crippen LogP contribution >= 0.6 is 7.82 Å². The number of hydrogen-bond acceptors (Lipinski definition) is 8. The Balaban J connectivity index is 4.05. The van der Waals surface area contributed by atoms with E-state index in [-0.39, 0.29) is 26.1 Å². The first-order chi connectivity index (χ1) is 41.0. The molecule has 9 nitrogen and oxygen atoms in total. The summed E-state index contributed by atoms with van der Waals surface area (Å²) in [6.07, 6.45) is 92.5. The van der Waals surface area contributed by atoms with Crippen molar-refractivity contribution in [3.8, 4) is 0 Å². The van der Waals surface area contributed by atoms with Gasteiger partial charge in [0.25, 0.3) is 7.82 Å². The molecule has 0 heterocycles. The Labute approximate surface area is 517 Å². The lowest BCUT2D eigenvalue weighted by Crippen LogP contribution is -2.37. The van der Waals surface area contributed by atoms with Gasteiger partial charge in [-0.2, -0.15) is 0 Å². The number of likely N-dealkylation sites (N-methyl/N-ethyl adjacent to an activating group) is 1. The molecule has 0 aromatic rings. The normalized spacial score (nSPS) is 14.0. The van der Waals surface area contributed by atoms with Crippen molar-refractivity contribution in [1.29, 1.82) is 0 Å². The Morgan fingerprint density at radius 3 is 0.952 bits per heavy atom. The Hall–Kier alpha value is -3.85. The molecule has 480 valence electrons. The highest BCUT2D eigenvalue weighted by molar-refractivity contribution is 7.45. The number of carbonyl (C=O) groups excluding carboxylic acids is 2. The van der Waals surface area contributed by atoms with Crippen LogP contribution < -0.4 is 4.89 Å². The van der Waals surface area contributed by atoms with Crippen molar-refractivity contribution >= 4 is 19.8 Å². The summed E-state index contributed by atoms with van der Waals surface area (Å²) in [5.41, 5.74) is 0. The van der Waals surface area contributed by atoms with Crippen LogP contribution in [0.4, 0.5) is 0 Å². The van der Waals surface area contributed by atoms with Crippen LogP contribution in [-0.2, 0) is 32.7 Å². The van der Waals surface area contributed by atoms with Gasteiger partial charge in [0.2, 0.25) is 0 Å². The fourth-order valence-corrected chi connectivity index (χ4v) is 9.77. The molecule has 84 heavy (non-hydrogen) atoms. The third kappa shape index (κ3) is 67.3. The standard InChI is InChI=1S/C74H126NO8P/c1-6-8-10-12-14-16-18-20-22-24-26-28-30-31-32-33-34-35-36-37-38-39-40-41-42-43-45-46-48-50-52-54-56-58-60-62-64-66-73(76)80-70-72(71-82-84(78,79)81-69-68-75(3,4)5)83-74(77)67-65-63-61-59-57-55-53-51-49-47-44-29-27-25-23-21-19-17-15-13-11-9-7-2/h8-11,14-17,20-23,26-29,31-32,47,49,53,55,72H,6-7,12-13,18-19,24-25,30,33-46,48,50-52,54,56-71H2,1-5H3/b10-8-,11-9-,16-14-,17-15-,22-20-,23-21-,28-26-,29-27-,32-31-,49-47-,55-53-. The Morgan fingerprint density at radius 2 is 0.643 bits per heavy atom. The molecule has 0 fully saturated rings. The number of quaternary nitrogens is 1. The quantitative estimate of drug-likeness (QED) is 0.0195. The van der Waals surface area contributed by atoms with E-state index in [0.717, 1.165) is 116 Å². The van der Waals surface area contributed by atoms with Crippen molar-refractivity contribution in [1.82, 2.24) is 0 Å². The second-order valence-electron chi connectivity index (χ2n) is 23.4. The first kappa shape index (κ1) is 80.2. The van der Waals surface area contributed by atoms with Gasteiger partial charge in [-0.1, -0.05) is 282 Å². The Morgan fingerprint density at radius 1 is 0.369 bits per heavy atom. The van der Waals surface area contributed by atoms with Crippen LogP contribution in [0.25, 0.3) is 0 Å². The highest BCUT2D eigenvalue weighted by Gasteiger charge is 2.22. The summed E-state index contributed by atoms with van der Waals surface area (Å²) >= 11 is 0. The number of rotatable bonds is 61. The highest BCUT2D eigenvalue weighted by Crippen LogP contribution is 2.38. The molecule has 0 radical (unpaired) electrons. The highest BCUT2D eigenvalue weighted by atomic mass is 31.2. The summed E-state index contributed by atoms with van der Waals surface area (Å²) < 4.78 is 34.2. The van der Waals surface area contributed by atoms with E-state index < -0.39 is 32.5 Å². The summed E-state index contributed by atoms with van der Waals surface area (Å²) in [4.78, 5) is 38.0. The fourth-order valence-electron chi connectivity index (χ4n) is 9.04. The minimum atomic E-state index is -4.66. The van der Waals surface area contributed by atoms with Gasteiger partial charge in [-0.25, -0.2) is 0 Å². The summed E-state index contributed by atoms with van der Waals surface area (Å²) in [5.74, 6) is -0.862. The van der Waals surface area contributed by atoms with Crippen molar-refractivity contribution in [3.63, 3.8) is 0 Å². The molecule has 0 saturated heterocycles. The van der Waals surface area contributed by atoms with Gasteiger partial charge in [0.15, 0.2) is 6.10 Å². The number of allylic oxidation sites excluding steroid dienone is 22. The zero-order valence-corrected chi connectivity index (χ0v) is 55.4. The lowest BCUT2D eigenvalue weighted by molar-refractivity contribution is -0.870. The van der Waals surface area contributed by atoms with Crippen LogP contribution in [0.15, 0.2) is 134 Å².